The standard InChI is InChI=1S/C26H31N3O5/c1-26(2,3)34-25(33)28-13-11-15(12-14-28)16-7-8-18-22-17(16)5-4-6-19(22)29(24(18)32)20-9-10-21(30)27-23(20)31/h4-8,15,20,25,33H,9-14H2,1-3H3,(H,27,30,31). The number of ether oxygens (including phenoxy) is 1. The molecule has 180 valence electrons. The van der Waals surface area contributed by atoms with Crippen LogP contribution in [0.4, 0.5) is 5.69 Å². The molecule has 2 saturated heterocycles. The molecule has 2 fully saturated rings. The second-order valence-corrected chi connectivity index (χ2v) is 10.4. The Morgan fingerprint density at radius 3 is 2.47 bits per heavy atom. The highest BCUT2D eigenvalue weighted by molar-refractivity contribution is 6.27. The first-order valence-corrected chi connectivity index (χ1v) is 12.0. The number of hydrogen-bond acceptors (Lipinski definition) is 6. The Hall–Kier alpha value is -2.81. The number of aliphatic hydroxyl groups is 1. The zero-order valence-corrected chi connectivity index (χ0v) is 19.8. The molecule has 0 bridgehead atoms. The van der Waals surface area contributed by atoms with Crippen molar-refractivity contribution in [3.8, 4) is 0 Å². The molecule has 2 N–H and O–H groups in total. The Morgan fingerprint density at radius 2 is 1.79 bits per heavy atom. The van der Waals surface area contributed by atoms with Crippen LogP contribution in [0.15, 0.2) is 30.3 Å². The molecule has 2 atom stereocenters. The molecule has 2 unspecified atom stereocenters. The minimum Gasteiger partial charge on any atom is -0.356 e. The van der Waals surface area contributed by atoms with Gasteiger partial charge in [-0.2, -0.15) is 0 Å². The van der Waals surface area contributed by atoms with Crippen LogP contribution in [0.2, 0.25) is 0 Å². The Morgan fingerprint density at radius 1 is 1.06 bits per heavy atom. The summed E-state index contributed by atoms with van der Waals surface area (Å²) in [6, 6.07) is 9.09. The molecule has 3 amide bonds. The summed E-state index contributed by atoms with van der Waals surface area (Å²) in [6.07, 6.45) is 1.36. The normalized spacial score (nSPS) is 23.0. The van der Waals surface area contributed by atoms with E-state index in [4.69, 9.17) is 4.74 Å². The molecule has 2 aromatic carbocycles. The van der Waals surface area contributed by atoms with Gasteiger partial charge in [0.1, 0.15) is 6.04 Å². The van der Waals surface area contributed by atoms with Gasteiger partial charge < -0.3 is 9.84 Å². The Balaban J connectivity index is 1.41. The van der Waals surface area contributed by atoms with Gasteiger partial charge in [0.15, 0.2) is 0 Å². The summed E-state index contributed by atoms with van der Waals surface area (Å²) >= 11 is 0. The van der Waals surface area contributed by atoms with Gasteiger partial charge in [-0.1, -0.05) is 18.2 Å². The van der Waals surface area contributed by atoms with E-state index in [9.17, 15) is 19.5 Å². The molecule has 0 aromatic heterocycles. The molecule has 3 aliphatic heterocycles. The lowest BCUT2D eigenvalue weighted by Crippen LogP contribution is -2.53. The van der Waals surface area contributed by atoms with E-state index in [1.807, 2.05) is 56.0 Å². The number of nitrogens with one attached hydrogen (secondary N) is 1. The number of carbonyl (C=O) groups excluding carboxylic acids is 3. The molecule has 0 aliphatic carbocycles. The lowest BCUT2D eigenvalue weighted by Gasteiger charge is -2.37. The first-order chi connectivity index (χ1) is 16.1. The van der Waals surface area contributed by atoms with Gasteiger partial charge in [0.25, 0.3) is 5.91 Å². The molecule has 2 aromatic rings. The van der Waals surface area contributed by atoms with Crippen LogP contribution in [0.1, 0.15) is 68.3 Å². The Bertz CT molecular complexity index is 1160. The van der Waals surface area contributed by atoms with Crippen molar-refractivity contribution in [1.82, 2.24) is 10.2 Å². The molecular weight excluding hydrogens is 434 g/mol. The van der Waals surface area contributed by atoms with E-state index in [-0.39, 0.29) is 18.2 Å². The predicted octanol–water partition coefficient (Wildman–Crippen LogP) is 2.88. The van der Waals surface area contributed by atoms with Gasteiger partial charge >= 0.3 is 0 Å². The summed E-state index contributed by atoms with van der Waals surface area (Å²) in [5.74, 6) is -0.611. The molecule has 8 nitrogen and oxygen atoms in total. The maximum Gasteiger partial charge on any atom is 0.259 e. The number of imide groups is 1. The highest BCUT2D eigenvalue weighted by Crippen LogP contribution is 2.43. The van der Waals surface area contributed by atoms with Gasteiger partial charge in [-0.15, -0.1) is 0 Å². The highest BCUT2D eigenvalue weighted by Gasteiger charge is 2.41. The molecule has 0 saturated carbocycles. The summed E-state index contributed by atoms with van der Waals surface area (Å²) in [4.78, 5) is 41.0. The largest absolute Gasteiger partial charge is 0.356 e. The number of hydrogen-bond donors (Lipinski definition) is 2. The highest BCUT2D eigenvalue weighted by atomic mass is 16.6. The van der Waals surface area contributed by atoms with Crippen molar-refractivity contribution in [2.24, 2.45) is 0 Å². The fourth-order valence-electron chi connectivity index (χ4n) is 5.44. The van der Waals surface area contributed by atoms with Gasteiger partial charge in [-0.05, 0) is 69.0 Å². The van der Waals surface area contributed by atoms with Crippen molar-refractivity contribution in [1.29, 1.82) is 0 Å². The van der Waals surface area contributed by atoms with E-state index in [0.29, 0.717) is 31.0 Å². The third-order valence-corrected chi connectivity index (χ3v) is 7.02. The molecular formula is C26H31N3O5. The summed E-state index contributed by atoms with van der Waals surface area (Å²) in [6.45, 7) is 7.21. The number of likely N-dealkylation sites (tertiary alicyclic amines) is 1. The van der Waals surface area contributed by atoms with Crippen LogP contribution in [0.25, 0.3) is 10.8 Å². The third-order valence-electron chi connectivity index (χ3n) is 7.02. The van der Waals surface area contributed by atoms with Crippen LogP contribution in [-0.2, 0) is 14.3 Å². The Labute approximate surface area is 198 Å². The van der Waals surface area contributed by atoms with Gasteiger partial charge in [0.2, 0.25) is 18.2 Å². The number of carbonyl (C=O) groups is 3. The maximum atomic E-state index is 13.3. The number of nitrogens with zero attached hydrogens (tertiary/aromatic N) is 2. The van der Waals surface area contributed by atoms with Gasteiger partial charge in [0.05, 0.1) is 11.3 Å². The van der Waals surface area contributed by atoms with Crippen molar-refractivity contribution in [3.05, 3.63) is 41.5 Å². The van der Waals surface area contributed by atoms with E-state index in [0.717, 1.165) is 29.3 Å². The number of benzene rings is 2. The molecule has 34 heavy (non-hydrogen) atoms. The Kier molecular flexibility index (Phi) is 5.70. The summed E-state index contributed by atoms with van der Waals surface area (Å²) in [5, 5.41) is 14.7. The van der Waals surface area contributed by atoms with Crippen LogP contribution in [0.5, 0.6) is 0 Å². The lowest BCUT2D eigenvalue weighted by molar-refractivity contribution is -0.242. The molecule has 5 rings (SSSR count). The molecule has 3 aliphatic rings. The van der Waals surface area contributed by atoms with E-state index < -0.39 is 24.0 Å². The first-order valence-electron chi connectivity index (χ1n) is 12.0. The van der Waals surface area contributed by atoms with Crippen molar-refractivity contribution in [2.45, 2.75) is 70.4 Å². The first kappa shape index (κ1) is 23.0. The minimum absolute atomic E-state index is 0.190. The number of anilines is 1. The maximum absolute atomic E-state index is 13.3. The fourth-order valence-corrected chi connectivity index (χ4v) is 5.44. The number of aliphatic hydroxyl groups excluding tert-OH is 1. The fraction of sp³-hybridized carbons (Fsp3) is 0.500. The van der Waals surface area contributed by atoms with Crippen molar-refractivity contribution in [2.75, 3.05) is 18.0 Å². The lowest BCUT2D eigenvalue weighted by atomic mass is 9.85. The number of piperidine rings is 2. The number of rotatable bonds is 4. The molecule has 8 heteroatoms. The van der Waals surface area contributed by atoms with Crippen LogP contribution in [0.3, 0.4) is 0 Å². The molecule has 3 heterocycles. The third kappa shape index (κ3) is 4.00. The van der Waals surface area contributed by atoms with Crippen LogP contribution >= 0.6 is 0 Å². The van der Waals surface area contributed by atoms with Crippen LogP contribution < -0.4 is 10.2 Å². The molecule has 0 radical (unpaired) electrons. The van der Waals surface area contributed by atoms with Crippen LogP contribution in [0, 0.1) is 0 Å². The van der Waals surface area contributed by atoms with E-state index >= 15 is 0 Å². The average molecular weight is 466 g/mol. The number of amides is 3. The second-order valence-electron chi connectivity index (χ2n) is 10.4. The van der Waals surface area contributed by atoms with Gasteiger partial charge in [-0.25, -0.2) is 0 Å². The SMILES string of the molecule is CC(C)(C)OC(O)N1CCC(c2ccc3c4c(cccc24)N(C2CCC(=O)NC2=O)C3=O)CC1. The quantitative estimate of drug-likeness (QED) is 0.532. The molecule has 0 spiro atoms. The summed E-state index contributed by atoms with van der Waals surface area (Å²) in [7, 11) is 0. The van der Waals surface area contributed by atoms with Crippen molar-refractivity contribution < 1.29 is 24.2 Å². The summed E-state index contributed by atoms with van der Waals surface area (Å²) in [5.41, 5.74) is 2.10. The van der Waals surface area contributed by atoms with Crippen molar-refractivity contribution >= 4 is 34.2 Å². The van der Waals surface area contributed by atoms with E-state index in [2.05, 4.69) is 5.32 Å². The smallest absolute Gasteiger partial charge is 0.259 e. The monoisotopic (exact) mass is 465 g/mol. The topological polar surface area (TPSA) is 99.2 Å². The van der Waals surface area contributed by atoms with E-state index in [1.165, 1.54) is 5.56 Å². The van der Waals surface area contributed by atoms with Crippen LogP contribution in [-0.4, -0.2) is 58.9 Å². The zero-order chi connectivity index (χ0) is 24.2. The van der Waals surface area contributed by atoms with Gasteiger partial charge in [0, 0.05) is 30.5 Å². The van der Waals surface area contributed by atoms with Crippen molar-refractivity contribution in [3.63, 3.8) is 0 Å². The minimum atomic E-state index is -0.923. The van der Waals surface area contributed by atoms with E-state index in [1.54, 1.807) is 4.90 Å². The van der Waals surface area contributed by atoms with Gasteiger partial charge in [-0.3, -0.25) is 29.5 Å². The predicted molar refractivity (Wildman–Crippen MR) is 127 cm³/mol. The second kappa shape index (κ2) is 8.45. The zero-order valence-electron chi connectivity index (χ0n) is 19.8. The average Bonchev–Trinajstić information content (AvgIpc) is 3.06. The summed E-state index contributed by atoms with van der Waals surface area (Å²) < 4.78 is 5.71.